The summed E-state index contributed by atoms with van der Waals surface area (Å²) in [6.45, 7) is 2.29. The second-order valence-corrected chi connectivity index (χ2v) is 5.94. The number of amides is 2. The fraction of sp³-hybridized carbons (Fsp3) is 0.200. The Hall–Kier alpha value is -3.35. The second kappa shape index (κ2) is 8.35. The molecular weight excluding hydrogens is 351 g/mol. The van der Waals surface area contributed by atoms with E-state index in [1.54, 1.807) is 43.3 Å². The van der Waals surface area contributed by atoms with Gasteiger partial charge in [-0.3, -0.25) is 9.59 Å². The summed E-state index contributed by atoms with van der Waals surface area (Å²) >= 11 is 0. The maximum atomic E-state index is 13.6. The van der Waals surface area contributed by atoms with Crippen molar-refractivity contribution in [3.05, 3.63) is 59.4 Å². The smallest absolute Gasteiger partial charge is 0.247 e. The van der Waals surface area contributed by atoms with Gasteiger partial charge in [0, 0.05) is 22.9 Å². The minimum atomic E-state index is -0.449. The highest BCUT2D eigenvalue weighted by atomic mass is 19.1. The van der Waals surface area contributed by atoms with Gasteiger partial charge in [-0.2, -0.15) is 0 Å². The Balaban J connectivity index is 1.54. The molecule has 0 saturated heterocycles. The van der Waals surface area contributed by atoms with Gasteiger partial charge in [0.25, 0.3) is 0 Å². The van der Waals surface area contributed by atoms with Crippen LogP contribution in [-0.4, -0.2) is 31.6 Å². The third kappa shape index (κ3) is 4.84. The average Bonchev–Trinajstić information content (AvgIpc) is 2.67. The molecule has 0 radical (unpaired) electrons. The standard InChI is InChI=1S/C20H19FN2O4/c1-13(10-14-4-2-3-5-16(14)21)20(25)22-12-19(24)23-15-6-7-17-18(11-15)27-9-8-26-17/h2-7,10-11H,8-9,12H2,1H3,(H,22,25)(H,23,24)/b13-10+. The fourth-order valence-corrected chi connectivity index (χ4v) is 2.52. The van der Waals surface area contributed by atoms with E-state index >= 15 is 0 Å². The van der Waals surface area contributed by atoms with E-state index in [1.165, 1.54) is 12.1 Å². The zero-order valence-corrected chi connectivity index (χ0v) is 14.8. The lowest BCUT2D eigenvalue weighted by atomic mass is 10.1. The normalized spacial score (nSPS) is 13.0. The second-order valence-electron chi connectivity index (χ2n) is 5.94. The molecule has 27 heavy (non-hydrogen) atoms. The van der Waals surface area contributed by atoms with Crippen LogP contribution in [0, 0.1) is 5.82 Å². The SMILES string of the molecule is C/C(=C\c1ccccc1F)C(=O)NCC(=O)Nc1ccc2c(c1)OCCO2. The molecule has 7 heteroatoms. The van der Waals surface area contributed by atoms with E-state index in [0.29, 0.717) is 41.5 Å². The molecule has 0 fully saturated rings. The van der Waals surface area contributed by atoms with Crippen molar-refractivity contribution in [2.75, 3.05) is 25.1 Å². The van der Waals surface area contributed by atoms with Crippen LogP contribution in [0.1, 0.15) is 12.5 Å². The zero-order chi connectivity index (χ0) is 19.2. The molecule has 1 aliphatic heterocycles. The number of hydrogen-bond acceptors (Lipinski definition) is 4. The topological polar surface area (TPSA) is 76.7 Å². The van der Waals surface area contributed by atoms with Crippen molar-refractivity contribution >= 4 is 23.6 Å². The van der Waals surface area contributed by atoms with Crippen LogP contribution in [0.4, 0.5) is 10.1 Å². The third-order valence-corrected chi connectivity index (χ3v) is 3.87. The van der Waals surface area contributed by atoms with Gasteiger partial charge in [-0.05, 0) is 31.2 Å². The molecule has 140 valence electrons. The Morgan fingerprint density at radius 2 is 1.85 bits per heavy atom. The number of carbonyl (C=O) groups excluding carboxylic acids is 2. The van der Waals surface area contributed by atoms with E-state index in [4.69, 9.17) is 9.47 Å². The van der Waals surface area contributed by atoms with Gasteiger partial charge in [0.1, 0.15) is 19.0 Å². The van der Waals surface area contributed by atoms with Crippen LogP contribution in [0.25, 0.3) is 6.08 Å². The highest BCUT2D eigenvalue weighted by Gasteiger charge is 2.13. The van der Waals surface area contributed by atoms with Gasteiger partial charge >= 0.3 is 0 Å². The first kappa shape index (κ1) is 18.4. The number of carbonyl (C=O) groups is 2. The van der Waals surface area contributed by atoms with Gasteiger partial charge in [0.2, 0.25) is 11.8 Å². The van der Waals surface area contributed by atoms with Crippen molar-refractivity contribution < 1.29 is 23.5 Å². The van der Waals surface area contributed by atoms with Gasteiger partial charge in [0.05, 0.1) is 6.54 Å². The van der Waals surface area contributed by atoms with Gasteiger partial charge in [-0.15, -0.1) is 0 Å². The molecule has 0 bridgehead atoms. The van der Waals surface area contributed by atoms with Crippen LogP contribution in [0.15, 0.2) is 48.0 Å². The minimum absolute atomic E-state index is 0.213. The van der Waals surface area contributed by atoms with E-state index in [0.717, 1.165) is 0 Å². The molecule has 0 spiro atoms. The number of anilines is 1. The van der Waals surface area contributed by atoms with Gasteiger partial charge in [-0.1, -0.05) is 18.2 Å². The van der Waals surface area contributed by atoms with Crippen LogP contribution in [0.5, 0.6) is 11.5 Å². The van der Waals surface area contributed by atoms with E-state index in [1.807, 2.05) is 0 Å². The lowest BCUT2D eigenvalue weighted by Crippen LogP contribution is -2.33. The quantitative estimate of drug-likeness (QED) is 0.794. The van der Waals surface area contributed by atoms with Gasteiger partial charge in [0.15, 0.2) is 11.5 Å². The van der Waals surface area contributed by atoms with Crippen molar-refractivity contribution in [1.82, 2.24) is 5.32 Å². The number of fused-ring (bicyclic) bond motifs is 1. The number of halogens is 1. The lowest BCUT2D eigenvalue weighted by molar-refractivity contribution is -0.121. The molecule has 2 aromatic rings. The first-order chi connectivity index (χ1) is 13.0. The molecule has 0 saturated carbocycles. The van der Waals surface area contributed by atoms with Crippen molar-refractivity contribution in [2.45, 2.75) is 6.92 Å². The van der Waals surface area contributed by atoms with E-state index in [9.17, 15) is 14.0 Å². The molecule has 6 nitrogen and oxygen atoms in total. The molecule has 0 atom stereocenters. The molecule has 0 aromatic heterocycles. The number of nitrogens with one attached hydrogen (secondary N) is 2. The zero-order valence-electron chi connectivity index (χ0n) is 14.8. The molecule has 0 aliphatic carbocycles. The Bertz CT molecular complexity index is 895. The summed E-state index contributed by atoms with van der Waals surface area (Å²) in [6.07, 6.45) is 1.43. The minimum Gasteiger partial charge on any atom is -0.486 e. The van der Waals surface area contributed by atoms with Crippen molar-refractivity contribution in [3.8, 4) is 11.5 Å². The summed E-state index contributed by atoms with van der Waals surface area (Å²) in [5.74, 6) is -0.0662. The number of ether oxygens (including phenoxy) is 2. The lowest BCUT2D eigenvalue weighted by Gasteiger charge is -2.19. The molecule has 2 aromatic carbocycles. The summed E-state index contributed by atoms with van der Waals surface area (Å²) in [5, 5.41) is 5.18. The monoisotopic (exact) mass is 370 g/mol. The van der Waals surface area contributed by atoms with Gasteiger partial charge in [-0.25, -0.2) is 4.39 Å². The molecule has 2 N–H and O–H groups in total. The van der Waals surface area contributed by atoms with Crippen LogP contribution in [-0.2, 0) is 9.59 Å². The summed E-state index contributed by atoms with van der Waals surface area (Å²) < 4.78 is 24.5. The van der Waals surface area contributed by atoms with E-state index < -0.39 is 17.6 Å². The predicted octanol–water partition coefficient (Wildman–Crippen LogP) is 2.76. The van der Waals surface area contributed by atoms with Crippen molar-refractivity contribution in [1.29, 1.82) is 0 Å². The van der Waals surface area contributed by atoms with Crippen LogP contribution in [0.2, 0.25) is 0 Å². The highest BCUT2D eigenvalue weighted by molar-refractivity contribution is 6.01. The maximum absolute atomic E-state index is 13.6. The average molecular weight is 370 g/mol. The Kier molecular flexibility index (Phi) is 5.71. The van der Waals surface area contributed by atoms with E-state index in [2.05, 4.69) is 10.6 Å². The summed E-state index contributed by atoms with van der Waals surface area (Å²) in [4.78, 5) is 24.1. The number of hydrogen-bond donors (Lipinski definition) is 2. The number of rotatable bonds is 5. The van der Waals surface area contributed by atoms with E-state index in [-0.39, 0.29) is 6.54 Å². The summed E-state index contributed by atoms with van der Waals surface area (Å²) in [5.41, 5.74) is 1.15. The predicted molar refractivity (Wildman–Crippen MR) is 99.1 cm³/mol. The highest BCUT2D eigenvalue weighted by Crippen LogP contribution is 2.32. The molecule has 0 unspecified atom stereocenters. The number of benzene rings is 2. The van der Waals surface area contributed by atoms with Crippen molar-refractivity contribution in [3.63, 3.8) is 0 Å². The van der Waals surface area contributed by atoms with Gasteiger partial charge < -0.3 is 20.1 Å². The Labute approximate surface area is 156 Å². The molecule has 1 aliphatic rings. The summed E-state index contributed by atoms with van der Waals surface area (Å²) in [6, 6.07) is 11.2. The van der Waals surface area contributed by atoms with Crippen molar-refractivity contribution in [2.24, 2.45) is 0 Å². The Morgan fingerprint density at radius 1 is 1.11 bits per heavy atom. The van der Waals surface area contributed by atoms with Crippen LogP contribution >= 0.6 is 0 Å². The maximum Gasteiger partial charge on any atom is 0.247 e. The molecular formula is C20H19FN2O4. The first-order valence-corrected chi connectivity index (χ1v) is 8.43. The molecule has 2 amide bonds. The first-order valence-electron chi connectivity index (χ1n) is 8.43. The molecule has 3 rings (SSSR count). The molecule has 1 heterocycles. The van der Waals surface area contributed by atoms with Crippen LogP contribution in [0.3, 0.4) is 0 Å². The Morgan fingerprint density at radius 3 is 2.63 bits per heavy atom. The van der Waals surface area contributed by atoms with Crippen LogP contribution < -0.4 is 20.1 Å². The fourth-order valence-electron chi connectivity index (χ4n) is 2.52. The largest absolute Gasteiger partial charge is 0.486 e. The summed E-state index contributed by atoms with van der Waals surface area (Å²) in [7, 11) is 0. The third-order valence-electron chi connectivity index (χ3n) is 3.87.